The maximum atomic E-state index is 9.43. The van der Waals surface area contributed by atoms with Crippen LogP contribution in [0.25, 0.3) is 11.1 Å². The van der Waals surface area contributed by atoms with Crippen molar-refractivity contribution in [3.05, 3.63) is 88.9 Å². The average Bonchev–Trinajstić information content (AvgIpc) is 2.50. The second-order valence-corrected chi connectivity index (χ2v) is 5.45. The number of benzene rings is 3. The van der Waals surface area contributed by atoms with Crippen molar-refractivity contribution in [1.29, 1.82) is 0 Å². The number of halogens is 1. The molecule has 0 amide bonds. The van der Waals surface area contributed by atoms with Gasteiger partial charge in [0.05, 0.1) is 0 Å². The number of hydrogen-bond donors (Lipinski definition) is 1. The summed E-state index contributed by atoms with van der Waals surface area (Å²) in [5.74, 6) is 0.275. The van der Waals surface area contributed by atoms with Crippen molar-refractivity contribution in [1.82, 2.24) is 0 Å². The first-order chi connectivity index (χ1) is 10.2. The molecule has 3 rings (SSSR count). The fourth-order valence-electron chi connectivity index (χ4n) is 2.45. The van der Waals surface area contributed by atoms with E-state index in [1.54, 1.807) is 12.1 Å². The van der Waals surface area contributed by atoms with Gasteiger partial charge < -0.3 is 5.11 Å². The molecule has 0 heterocycles. The standard InChI is InChI=1S/C19H15ClO/c20-17-8-11-19(15-6-9-18(21)10-7-15)16(13-17)12-14-4-2-1-3-5-14/h1-11,13,21H,12H2. The fraction of sp³-hybridized carbons (Fsp3) is 0.0526. The van der Waals surface area contributed by atoms with E-state index in [9.17, 15) is 5.11 Å². The Labute approximate surface area is 129 Å². The zero-order valence-electron chi connectivity index (χ0n) is 11.5. The highest BCUT2D eigenvalue weighted by molar-refractivity contribution is 6.30. The van der Waals surface area contributed by atoms with E-state index in [1.807, 2.05) is 48.5 Å². The molecule has 1 N–H and O–H groups in total. The van der Waals surface area contributed by atoms with E-state index in [0.717, 1.165) is 22.6 Å². The number of rotatable bonds is 3. The summed E-state index contributed by atoms with van der Waals surface area (Å²) in [6, 6.07) is 23.5. The summed E-state index contributed by atoms with van der Waals surface area (Å²) in [6.45, 7) is 0. The van der Waals surface area contributed by atoms with Crippen LogP contribution in [0.3, 0.4) is 0 Å². The smallest absolute Gasteiger partial charge is 0.115 e. The van der Waals surface area contributed by atoms with Crippen LogP contribution >= 0.6 is 11.6 Å². The second kappa shape index (κ2) is 6.02. The number of phenolic OH excluding ortho intramolecular Hbond substituents is 1. The molecule has 0 aliphatic rings. The van der Waals surface area contributed by atoms with Crippen molar-refractivity contribution in [2.75, 3.05) is 0 Å². The summed E-state index contributed by atoms with van der Waals surface area (Å²) in [5.41, 5.74) is 4.65. The van der Waals surface area contributed by atoms with Gasteiger partial charge in [0, 0.05) is 5.02 Å². The van der Waals surface area contributed by atoms with Gasteiger partial charge >= 0.3 is 0 Å². The van der Waals surface area contributed by atoms with E-state index in [-0.39, 0.29) is 5.75 Å². The van der Waals surface area contributed by atoms with E-state index >= 15 is 0 Å². The van der Waals surface area contributed by atoms with Gasteiger partial charge in [-0.2, -0.15) is 0 Å². The van der Waals surface area contributed by atoms with E-state index in [1.165, 1.54) is 11.1 Å². The minimum Gasteiger partial charge on any atom is -0.508 e. The lowest BCUT2D eigenvalue weighted by atomic mass is 9.95. The summed E-state index contributed by atoms with van der Waals surface area (Å²) in [6.07, 6.45) is 0.831. The first-order valence-corrected chi connectivity index (χ1v) is 7.22. The Balaban J connectivity index is 2.03. The molecule has 0 unspecified atom stereocenters. The van der Waals surface area contributed by atoms with Crippen molar-refractivity contribution >= 4 is 11.6 Å². The van der Waals surface area contributed by atoms with Crippen LogP contribution in [0.1, 0.15) is 11.1 Å². The third-order valence-electron chi connectivity index (χ3n) is 3.48. The average molecular weight is 295 g/mol. The number of phenols is 1. The molecule has 104 valence electrons. The topological polar surface area (TPSA) is 20.2 Å². The lowest BCUT2D eigenvalue weighted by Crippen LogP contribution is -1.92. The Morgan fingerprint density at radius 3 is 2.24 bits per heavy atom. The van der Waals surface area contributed by atoms with Crippen molar-refractivity contribution in [3.8, 4) is 16.9 Å². The molecule has 2 heteroatoms. The molecule has 1 nitrogen and oxygen atoms in total. The van der Waals surface area contributed by atoms with E-state index in [0.29, 0.717) is 0 Å². The largest absolute Gasteiger partial charge is 0.508 e. The molecule has 0 saturated carbocycles. The number of aromatic hydroxyl groups is 1. The zero-order valence-corrected chi connectivity index (χ0v) is 12.2. The summed E-state index contributed by atoms with van der Waals surface area (Å²) in [5, 5.41) is 10.2. The van der Waals surface area contributed by atoms with Gasteiger partial charge in [-0.3, -0.25) is 0 Å². The fourth-order valence-corrected chi connectivity index (χ4v) is 2.64. The van der Waals surface area contributed by atoms with Crippen LogP contribution in [-0.4, -0.2) is 5.11 Å². The van der Waals surface area contributed by atoms with Crippen LogP contribution in [0.5, 0.6) is 5.75 Å². The van der Waals surface area contributed by atoms with Crippen LogP contribution in [0.4, 0.5) is 0 Å². The van der Waals surface area contributed by atoms with Crippen LogP contribution < -0.4 is 0 Å². The predicted molar refractivity (Wildman–Crippen MR) is 87.8 cm³/mol. The van der Waals surface area contributed by atoms with Crippen molar-refractivity contribution < 1.29 is 5.11 Å². The molecule has 0 aliphatic heterocycles. The maximum Gasteiger partial charge on any atom is 0.115 e. The summed E-state index contributed by atoms with van der Waals surface area (Å²) in [7, 11) is 0. The SMILES string of the molecule is Oc1ccc(-c2ccc(Cl)cc2Cc2ccccc2)cc1. The predicted octanol–water partition coefficient (Wildman–Crippen LogP) is 5.30. The molecular weight excluding hydrogens is 280 g/mol. The van der Waals surface area contributed by atoms with E-state index in [2.05, 4.69) is 12.1 Å². The van der Waals surface area contributed by atoms with Gasteiger partial charge in [-0.25, -0.2) is 0 Å². The lowest BCUT2D eigenvalue weighted by Gasteiger charge is -2.11. The second-order valence-electron chi connectivity index (χ2n) is 5.01. The van der Waals surface area contributed by atoms with Crippen LogP contribution in [0.2, 0.25) is 5.02 Å². The summed E-state index contributed by atoms with van der Waals surface area (Å²) < 4.78 is 0. The third kappa shape index (κ3) is 3.26. The van der Waals surface area contributed by atoms with Gasteiger partial charge in [0.1, 0.15) is 5.75 Å². The first kappa shape index (κ1) is 13.7. The Morgan fingerprint density at radius 2 is 1.52 bits per heavy atom. The Hall–Kier alpha value is -2.25. The van der Waals surface area contributed by atoms with Crippen molar-refractivity contribution in [3.63, 3.8) is 0 Å². The molecule has 0 atom stereocenters. The van der Waals surface area contributed by atoms with E-state index in [4.69, 9.17) is 11.6 Å². The molecular formula is C19H15ClO. The highest BCUT2D eigenvalue weighted by Crippen LogP contribution is 2.29. The van der Waals surface area contributed by atoms with Crippen molar-refractivity contribution in [2.45, 2.75) is 6.42 Å². The monoisotopic (exact) mass is 294 g/mol. The van der Waals surface area contributed by atoms with E-state index < -0.39 is 0 Å². The minimum absolute atomic E-state index is 0.275. The molecule has 0 bridgehead atoms. The molecule has 3 aromatic rings. The molecule has 0 spiro atoms. The Kier molecular flexibility index (Phi) is 3.94. The Morgan fingerprint density at radius 1 is 0.810 bits per heavy atom. The maximum absolute atomic E-state index is 9.43. The highest BCUT2D eigenvalue weighted by Gasteiger charge is 2.07. The molecule has 3 aromatic carbocycles. The molecule has 21 heavy (non-hydrogen) atoms. The molecule has 0 aliphatic carbocycles. The van der Waals surface area contributed by atoms with Gasteiger partial charge in [-0.1, -0.05) is 60.1 Å². The van der Waals surface area contributed by atoms with Gasteiger partial charge in [-0.15, -0.1) is 0 Å². The molecule has 0 aromatic heterocycles. The third-order valence-corrected chi connectivity index (χ3v) is 3.72. The normalized spacial score (nSPS) is 10.5. The lowest BCUT2D eigenvalue weighted by molar-refractivity contribution is 0.475. The summed E-state index contributed by atoms with van der Waals surface area (Å²) in [4.78, 5) is 0. The number of hydrogen-bond acceptors (Lipinski definition) is 1. The molecule has 0 fully saturated rings. The van der Waals surface area contributed by atoms with Crippen LogP contribution in [-0.2, 0) is 6.42 Å². The highest BCUT2D eigenvalue weighted by atomic mass is 35.5. The van der Waals surface area contributed by atoms with Gasteiger partial charge in [0.15, 0.2) is 0 Å². The van der Waals surface area contributed by atoms with Gasteiger partial charge in [0.25, 0.3) is 0 Å². The van der Waals surface area contributed by atoms with Gasteiger partial charge in [-0.05, 0) is 52.9 Å². The van der Waals surface area contributed by atoms with Crippen LogP contribution in [0, 0.1) is 0 Å². The minimum atomic E-state index is 0.275. The Bertz CT molecular complexity index is 733. The van der Waals surface area contributed by atoms with Gasteiger partial charge in [0.2, 0.25) is 0 Å². The quantitative estimate of drug-likeness (QED) is 0.694. The molecule has 0 radical (unpaired) electrons. The first-order valence-electron chi connectivity index (χ1n) is 6.84. The molecule has 0 saturated heterocycles. The van der Waals surface area contributed by atoms with Crippen molar-refractivity contribution in [2.24, 2.45) is 0 Å². The zero-order chi connectivity index (χ0) is 14.7. The van der Waals surface area contributed by atoms with Crippen LogP contribution in [0.15, 0.2) is 72.8 Å². The summed E-state index contributed by atoms with van der Waals surface area (Å²) >= 11 is 6.16.